The van der Waals surface area contributed by atoms with Gasteiger partial charge >= 0.3 is 0 Å². The quantitative estimate of drug-likeness (QED) is 0.589. The summed E-state index contributed by atoms with van der Waals surface area (Å²) in [5, 5.41) is 0. The van der Waals surface area contributed by atoms with Gasteiger partial charge in [0, 0.05) is 12.0 Å². The van der Waals surface area contributed by atoms with Crippen LogP contribution in [0.5, 0.6) is 0 Å². The second-order valence-electron chi connectivity index (χ2n) is 2.81. The molecule has 0 aliphatic carbocycles. The van der Waals surface area contributed by atoms with Crippen LogP contribution >= 0.6 is 11.8 Å². The van der Waals surface area contributed by atoms with E-state index in [1.807, 2.05) is 11.7 Å². The first-order chi connectivity index (χ1) is 5.43. The summed E-state index contributed by atoms with van der Waals surface area (Å²) in [6.45, 7) is 2.24. The van der Waals surface area contributed by atoms with Gasteiger partial charge in [-0.2, -0.15) is 0 Å². The smallest absolute Gasteiger partial charge is 0.0599 e. The van der Waals surface area contributed by atoms with Crippen LogP contribution in [-0.4, -0.2) is 11.3 Å². The Bertz CT molecular complexity index is 161. The number of nitrogens with zero attached hydrogens (tertiary/aromatic N) is 1. The molecular formula is C9H15NS. The van der Waals surface area contributed by atoms with Crippen molar-refractivity contribution >= 4 is 17.3 Å². The van der Waals surface area contributed by atoms with E-state index < -0.39 is 0 Å². The van der Waals surface area contributed by atoms with Gasteiger partial charge in [0.15, 0.2) is 0 Å². The van der Waals surface area contributed by atoms with Gasteiger partial charge in [0.05, 0.1) is 5.55 Å². The molecule has 0 amide bonds. The summed E-state index contributed by atoms with van der Waals surface area (Å²) in [5.74, 6) is 1.16. The Morgan fingerprint density at radius 2 is 2.45 bits per heavy atom. The van der Waals surface area contributed by atoms with Crippen LogP contribution in [-0.2, 0) is 0 Å². The van der Waals surface area contributed by atoms with Crippen LogP contribution in [0, 0.1) is 0 Å². The van der Waals surface area contributed by atoms with Gasteiger partial charge in [0.25, 0.3) is 0 Å². The first-order valence-electron chi connectivity index (χ1n) is 4.24. The maximum atomic E-state index is 4.11. The highest BCUT2D eigenvalue weighted by atomic mass is 32.2. The molecule has 0 aromatic carbocycles. The lowest BCUT2D eigenvalue weighted by molar-refractivity contribution is 0.713. The molecular weight excluding hydrogens is 154 g/mol. The van der Waals surface area contributed by atoms with Gasteiger partial charge in [-0.25, -0.2) is 0 Å². The molecule has 0 unspecified atom stereocenters. The van der Waals surface area contributed by atoms with Crippen molar-refractivity contribution in [3.63, 3.8) is 0 Å². The molecule has 1 aliphatic rings. The van der Waals surface area contributed by atoms with Crippen LogP contribution in [0.1, 0.15) is 32.6 Å². The van der Waals surface area contributed by atoms with Crippen LogP contribution in [0.25, 0.3) is 0 Å². The van der Waals surface area contributed by atoms with E-state index in [0.29, 0.717) is 0 Å². The molecule has 0 atom stereocenters. The predicted octanol–water partition coefficient (Wildman–Crippen LogP) is 3.23. The van der Waals surface area contributed by atoms with E-state index in [0.717, 1.165) is 5.75 Å². The Labute approximate surface area is 73.0 Å². The third-order valence-corrected chi connectivity index (χ3v) is 2.57. The lowest BCUT2D eigenvalue weighted by atomic mass is 10.1. The van der Waals surface area contributed by atoms with Crippen molar-refractivity contribution in [3.8, 4) is 0 Å². The zero-order valence-electron chi connectivity index (χ0n) is 7.05. The molecule has 0 radical (unpaired) electrons. The van der Waals surface area contributed by atoms with Crippen molar-refractivity contribution < 1.29 is 0 Å². The largest absolute Gasteiger partial charge is 0.258 e. The highest BCUT2D eigenvalue weighted by Crippen LogP contribution is 2.16. The first kappa shape index (κ1) is 8.85. The van der Waals surface area contributed by atoms with Crippen molar-refractivity contribution in [1.29, 1.82) is 0 Å². The Morgan fingerprint density at radius 1 is 1.55 bits per heavy atom. The van der Waals surface area contributed by atoms with E-state index in [2.05, 4.69) is 11.9 Å². The molecule has 1 nitrogen and oxygen atoms in total. The summed E-state index contributed by atoms with van der Waals surface area (Å²) in [6, 6.07) is 0. The van der Waals surface area contributed by atoms with Gasteiger partial charge < -0.3 is 0 Å². The van der Waals surface area contributed by atoms with Crippen molar-refractivity contribution in [2.75, 3.05) is 5.75 Å². The molecule has 0 fully saturated rings. The SMILES string of the molecule is CCCCCC1=CN=CSC1. The summed E-state index contributed by atoms with van der Waals surface area (Å²) < 4.78 is 0. The molecule has 1 rings (SSSR count). The molecule has 1 heterocycles. The Hall–Kier alpha value is -0.240. The van der Waals surface area contributed by atoms with Gasteiger partial charge in [-0.05, 0) is 18.4 Å². The lowest BCUT2D eigenvalue weighted by Crippen LogP contribution is -1.91. The Balaban J connectivity index is 2.15. The normalized spacial score (nSPS) is 16.6. The predicted molar refractivity (Wildman–Crippen MR) is 53.2 cm³/mol. The molecule has 0 aromatic heterocycles. The van der Waals surface area contributed by atoms with Gasteiger partial charge in [0.2, 0.25) is 0 Å². The maximum Gasteiger partial charge on any atom is 0.0599 e. The monoisotopic (exact) mass is 169 g/mol. The fourth-order valence-electron chi connectivity index (χ4n) is 1.10. The number of unbranched alkanes of at least 4 members (excludes halogenated alkanes) is 2. The Kier molecular flexibility index (Phi) is 4.36. The van der Waals surface area contributed by atoms with Crippen molar-refractivity contribution in [2.45, 2.75) is 32.6 Å². The van der Waals surface area contributed by atoms with Crippen molar-refractivity contribution in [1.82, 2.24) is 0 Å². The van der Waals surface area contributed by atoms with E-state index >= 15 is 0 Å². The van der Waals surface area contributed by atoms with E-state index in [-0.39, 0.29) is 0 Å². The van der Waals surface area contributed by atoms with Crippen molar-refractivity contribution in [2.24, 2.45) is 4.99 Å². The van der Waals surface area contributed by atoms with Crippen LogP contribution in [0.15, 0.2) is 16.8 Å². The van der Waals surface area contributed by atoms with E-state index in [1.165, 1.54) is 31.3 Å². The fourth-order valence-corrected chi connectivity index (χ4v) is 1.75. The molecule has 62 valence electrons. The van der Waals surface area contributed by atoms with Crippen LogP contribution in [0.4, 0.5) is 0 Å². The zero-order chi connectivity index (χ0) is 7.94. The molecule has 1 aliphatic heterocycles. The third kappa shape index (κ3) is 3.61. The van der Waals surface area contributed by atoms with Gasteiger partial charge in [-0.1, -0.05) is 19.8 Å². The van der Waals surface area contributed by atoms with Gasteiger partial charge in [-0.3, -0.25) is 4.99 Å². The lowest BCUT2D eigenvalue weighted by Gasteiger charge is -2.06. The van der Waals surface area contributed by atoms with Crippen molar-refractivity contribution in [3.05, 3.63) is 11.8 Å². The van der Waals surface area contributed by atoms with Crippen LogP contribution < -0.4 is 0 Å². The maximum absolute atomic E-state index is 4.11. The average Bonchev–Trinajstić information content (AvgIpc) is 2.07. The molecule has 0 saturated heterocycles. The second-order valence-corrected chi connectivity index (χ2v) is 3.64. The highest BCUT2D eigenvalue weighted by Gasteiger charge is 1.99. The van der Waals surface area contributed by atoms with E-state index in [1.54, 1.807) is 11.8 Å². The van der Waals surface area contributed by atoms with Crippen LogP contribution in [0.3, 0.4) is 0 Å². The summed E-state index contributed by atoms with van der Waals surface area (Å²) in [6.07, 6.45) is 7.26. The minimum Gasteiger partial charge on any atom is -0.258 e. The highest BCUT2D eigenvalue weighted by molar-refractivity contribution is 8.12. The molecule has 2 heteroatoms. The number of hydrogen-bond acceptors (Lipinski definition) is 2. The number of hydrogen-bond donors (Lipinski definition) is 0. The topological polar surface area (TPSA) is 12.4 Å². The third-order valence-electron chi connectivity index (χ3n) is 1.76. The minimum absolute atomic E-state index is 1.16. The van der Waals surface area contributed by atoms with E-state index in [9.17, 15) is 0 Å². The molecule has 0 N–H and O–H groups in total. The second kappa shape index (κ2) is 5.42. The zero-order valence-corrected chi connectivity index (χ0v) is 7.86. The first-order valence-corrected chi connectivity index (χ1v) is 5.29. The summed E-state index contributed by atoms with van der Waals surface area (Å²) >= 11 is 1.80. The molecule has 0 spiro atoms. The molecule has 11 heavy (non-hydrogen) atoms. The summed E-state index contributed by atoms with van der Waals surface area (Å²) in [7, 11) is 0. The molecule has 0 aromatic rings. The fraction of sp³-hybridized carbons (Fsp3) is 0.667. The van der Waals surface area contributed by atoms with Crippen LogP contribution in [0.2, 0.25) is 0 Å². The number of rotatable bonds is 4. The van der Waals surface area contributed by atoms with Gasteiger partial charge in [-0.15, -0.1) is 11.8 Å². The summed E-state index contributed by atoms with van der Waals surface area (Å²) in [4.78, 5) is 4.11. The number of thioether (sulfide) groups is 1. The average molecular weight is 169 g/mol. The minimum atomic E-state index is 1.16. The van der Waals surface area contributed by atoms with E-state index in [4.69, 9.17) is 0 Å². The number of aliphatic imine (C=N–C) groups is 1. The standard InChI is InChI=1S/C9H15NS/c1-2-3-4-5-9-6-10-8-11-7-9/h6,8H,2-5,7H2,1H3. The molecule has 0 bridgehead atoms. The molecule has 0 saturated carbocycles. The van der Waals surface area contributed by atoms with Gasteiger partial charge in [0.1, 0.15) is 0 Å². The summed E-state index contributed by atoms with van der Waals surface area (Å²) in [5.41, 5.74) is 3.43. The Morgan fingerprint density at radius 3 is 3.09 bits per heavy atom.